The fourth-order valence-corrected chi connectivity index (χ4v) is 8.10. The zero-order valence-corrected chi connectivity index (χ0v) is 28.6. The van der Waals surface area contributed by atoms with E-state index in [1.54, 1.807) is 0 Å². The lowest BCUT2D eigenvalue weighted by atomic mass is 9.96. The van der Waals surface area contributed by atoms with Crippen molar-refractivity contribution in [1.82, 2.24) is 19.5 Å². The van der Waals surface area contributed by atoms with E-state index in [0.717, 1.165) is 22.4 Å². The number of fused-ring (bicyclic) bond motifs is 6. The van der Waals surface area contributed by atoms with Crippen molar-refractivity contribution in [2.24, 2.45) is 0 Å². The van der Waals surface area contributed by atoms with Crippen LogP contribution in [0.2, 0.25) is 0 Å². The van der Waals surface area contributed by atoms with E-state index in [2.05, 4.69) is 126 Å². The molecule has 8 aromatic carbocycles. The van der Waals surface area contributed by atoms with Gasteiger partial charge in [0.1, 0.15) is 0 Å². The molecule has 246 valence electrons. The van der Waals surface area contributed by atoms with Gasteiger partial charge in [-0.05, 0) is 92.7 Å². The molecule has 0 saturated carbocycles. The van der Waals surface area contributed by atoms with Gasteiger partial charge < -0.3 is 4.57 Å². The lowest BCUT2D eigenvalue weighted by molar-refractivity contribution is 1.07. The van der Waals surface area contributed by atoms with Gasteiger partial charge in [-0.3, -0.25) is 0 Å². The Morgan fingerprint density at radius 3 is 1.53 bits per heavy atom. The second-order valence-electron chi connectivity index (χ2n) is 13.6. The maximum atomic E-state index is 4.95. The molecule has 2 heterocycles. The van der Waals surface area contributed by atoms with Crippen molar-refractivity contribution in [3.05, 3.63) is 182 Å². The highest BCUT2D eigenvalue weighted by molar-refractivity contribution is 6.16. The quantitative estimate of drug-likeness (QED) is 0.182. The first-order valence-corrected chi connectivity index (χ1v) is 17.9. The third-order valence-corrected chi connectivity index (χ3v) is 10.6. The number of para-hydroxylation sites is 1. The summed E-state index contributed by atoms with van der Waals surface area (Å²) in [6, 6.07) is 64.5. The number of aromatic nitrogens is 4. The van der Waals surface area contributed by atoms with Gasteiger partial charge in [-0.15, -0.1) is 0 Å². The maximum Gasteiger partial charge on any atom is 0.164 e. The van der Waals surface area contributed by atoms with Crippen LogP contribution in [0.25, 0.3) is 106 Å². The van der Waals surface area contributed by atoms with Crippen LogP contribution < -0.4 is 0 Å². The fraction of sp³-hybridized carbons (Fsp3) is 0. The Labute approximate surface area is 306 Å². The summed E-state index contributed by atoms with van der Waals surface area (Å²) in [5, 5.41) is 5.10. The molecule has 1 aliphatic rings. The van der Waals surface area contributed by atoms with Gasteiger partial charge in [-0.2, -0.15) is 0 Å². The summed E-state index contributed by atoms with van der Waals surface area (Å²) in [7, 11) is 0. The highest BCUT2D eigenvalue weighted by Crippen LogP contribution is 2.48. The van der Waals surface area contributed by atoms with Crippen LogP contribution in [0.3, 0.4) is 0 Å². The lowest BCUT2D eigenvalue weighted by Gasteiger charge is -2.11. The molecule has 0 atom stereocenters. The largest absolute Gasteiger partial charge is 0.309 e. The Kier molecular flexibility index (Phi) is 6.52. The molecule has 53 heavy (non-hydrogen) atoms. The number of benzene rings is 8. The zero-order valence-electron chi connectivity index (χ0n) is 28.6. The molecule has 0 N–H and O–H groups in total. The number of hydrogen-bond acceptors (Lipinski definition) is 3. The number of nitrogens with zero attached hydrogens (tertiary/aromatic N) is 4. The average molecular weight is 675 g/mol. The molecular weight excluding hydrogens is 645 g/mol. The minimum atomic E-state index is 0.643. The van der Waals surface area contributed by atoms with E-state index in [4.69, 9.17) is 15.0 Å². The standard InChI is InChI=1S/C49H30N4/c1-3-11-32(12-4-1)47-50-48(33-13-5-2-6-14-33)52-49(51-47)34-21-25-37(26-22-34)53-44-20-8-7-17-39(44)43-30-36(24-28-45(43)53)35-23-27-38-40-18-9-15-31-16-10-19-41(46(31)40)42(38)29-35/h1-30H. The normalized spacial score (nSPS) is 11.8. The summed E-state index contributed by atoms with van der Waals surface area (Å²) in [5.41, 5.74) is 14.0. The molecule has 4 nitrogen and oxygen atoms in total. The van der Waals surface area contributed by atoms with Gasteiger partial charge >= 0.3 is 0 Å². The van der Waals surface area contributed by atoms with Gasteiger partial charge in [0.05, 0.1) is 11.0 Å². The van der Waals surface area contributed by atoms with E-state index in [1.807, 2.05) is 60.7 Å². The Morgan fingerprint density at radius 2 is 0.849 bits per heavy atom. The van der Waals surface area contributed by atoms with Crippen LogP contribution >= 0.6 is 0 Å². The van der Waals surface area contributed by atoms with Gasteiger partial charge in [-0.1, -0.05) is 133 Å². The van der Waals surface area contributed by atoms with Crippen LogP contribution in [-0.4, -0.2) is 19.5 Å². The summed E-state index contributed by atoms with van der Waals surface area (Å²) < 4.78 is 2.36. The van der Waals surface area contributed by atoms with E-state index in [-0.39, 0.29) is 0 Å². The molecular formula is C49H30N4. The smallest absolute Gasteiger partial charge is 0.164 e. The van der Waals surface area contributed by atoms with Crippen molar-refractivity contribution >= 4 is 32.6 Å². The average Bonchev–Trinajstić information content (AvgIpc) is 3.74. The van der Waals surface area contributed by atoms with E-state index >= 15 is 0 Å². The summed E-state index contributed by atoms with van der Waals surface area (Å²) in [6.07, 6.45) is 0. The van der Waals surface area contributed by atoms with E-state index in [0.29, 0.717) is 17.5 Å². The predicted molar refractivity (Wildman–Crippen MR) is 218 cm³/mol. The topological polar surface area (TPSA) is 43.6 Å². The third-order valence-electron chi connectivity index (χ3n) is 10.6. The summed E-state index contributed by atoms with van der Waals surface area (Å²) in [5.74, 6) is 1.95. The second kappa shape index (κ2) is 11.7. The second-order valence-corrected chi connectivity index (χ2v) is 13.6. The first kappa shape index (κ1) is 29.5. The van der Waals surface area contributed by atoms with Crippen LogP contribution in [0, 0.1) is 0 Å². The van der Waals surface area contributed by atoms with E-state index in [1.165, 1.54) is 66.0 Å². The lowest BCUT2D eigenvalue weighted by Crippen LogP contribution is -2.00. The van der Waals surface area contributed by atoms with Crippen molar-refractivity contribution in [1.29, 1.82) is 0 Å². The van der Waals surface area contributed by atoms with E-state index < -0.39 is 0 Å². The molecule has 0 saturated heterocycles. The molecule has 0 aliphatic heterocycles. The molecule has 1 aliphatic carbocycles. The molecule has 0 fully saturated rings. The van der Waals surface area contributed by atoms with Crippen molar-refractivity contribution < 1.29 is 0 Å². The van der Waals surface area contributed by atoms with Gasteiger partial charge in [0.15, 0.2) is 17.5 Å². The van der Waals surface area contributed by atoms with Gasteiger partial charge in [0.25, 0.3) is 0 Å². The molecule has 0 spiro atoms. The summed E-state index contributed by atoms with van der Waals surface area (Å²) >= 11 is 0. The predicted octanol–water partition coefficient (Wildman–Crippen LogP) is 12.4. The van der Waals surface area contributed by atoms with Crippen LogP contribution in [0.5, 0.6) is 0 Å². The van der Waals surface area contributed by atoms with Crippen LogP contribution in [0.15, 0.2) is 182 Å². The number of hydrogen-bond donors (Lipinski definition) is 0. The minimum Gasteiger partial charge on any atom is -0.309 e. The monoisotopic (exact) mass is 674 g/mol. The van der Waals surface area contributed by atoms with Crippen LogP contribution in [-0.2, 0) is 0 Å². The molecule has 0 bridgehead atoms. The van der Waals surface area contributed by atoms with E-state index in [9.17, 15) is 0 Å². The van der Waals surface area contributed by atoms with Gasteiger partial charge in [-0.25, -0.2) is 15.0 Å². The Balaban J connectivity index is 1.00. The van der Waals surface area contributed by atoms with Crippen molar-refractivity contribution in [2.45, 2.75) is 0 Å². The Morgan fingerprint density at radius 1 is 0.321 bits per heavy atom. The van der Waals surface area contributed by atoms with Gasteiger partial charge in [0, 0.05) is 33.2 Å². The molecule has 2 aromatic heterocycles. The molecule has 11 rings (SSSR count). The van der Waals surface area contributed by atoms with Crippen molar-refractivity contribution in [3.8, 4) is 73.2 Å². The first-order chi connectivity index (χ1) is 26.3. The highest BCUT2D eigenvalue weighted by Gasteiger charge is 2.22. The highest BCUT2D eigenvalue weighted by atomic mass is 15.0. The SMILES string of the molecule is c1ccc(-c2nc(-c3ccccc3)nc(-c3ccc(-n4c5ccccc5c5cc(-c6ccc7c(c6)-c6cccc8cccc-7c68)ccc54)cc3)n2)cc1. The first-order valence-electron chi connectivity index (χ1n) is 17.9. The summed E-state index contributed by atoms with van der Waals surface area (Å²) in [4.78, 5) is 14.8. The fourth-order valence-electron chi connectivity index (χ4n) is 8.10. The van der Waals surface area contributed by atoms with Crippen LogP contribution in [0.1, 0.15) is 0 Å². The Hall–Kier alpha value is -7.17. The van der Waals surface area contributed by atoms with Crippen molar-refractivity contribution in [2.75, 3.05) is 0 Å². The van der Waals surface area contributed by atoms with Crippen LogP contribution in [0.4, 0.5) is 0 Å². The maximum absolute atomic E-state index is 4.95. The molecule has 0 radical (unpaired) electrons. The molecule has 0 amide bonds. The van der Waals surface area contributed by atoms with Crippen molar-refractivity contribution in [3.63, 3.8) is 0 Å². The minimum absolute atomic E-state index is 0.643. The Bertz CT molecular complexity index is 2970. The molecule has 0 unspecified atom stereocenters. The number of rotatable bonds is 5. The zero-order chi connectivity index (χ0) is 34.9. The third kappa shape index (κ3) is 4.73. The summed E-state index contributed by atoms with van der Waals surface area (Å²) in [6.45, 7) is 0. The molecule has 10 aromatic rings. The molecule has 4 heteroatoms. The van der Waals surface area contributed by atoms with Gasteiger partial charge in [0.2, 0.25) is 0 Å².